The second-order valence-electron chi connectivity index (χ2n) is 5.15. The minimum atomic E-state index is -3.46. The van der Waals surface area contributed by atoms with Gasteiger partial charge in [-0.05, 0) is 37.7 Å². The number of carbonyl (C=O) groups is 1. The third-order valence-corrected chi connectivity index (χ3v) is 6.64. The maximum absolute atomic E-state index is 12.4. The van der Waals surface area contributed by atoms with E-state index in [1.165, 1.54) is 7.11 Å². The van der Waals surface area contributed by atoms with Gasteiger partial charge >= 0.3 is 5.97 Å². The molecule has 3 atom stereocenters. The van der Waals surface area contributed by atoms with E-state index in [9.17, 15) is 13.2 Å². The van der Waals surface area contributed by atoms with Crippen molar-refractivity contribution in [1.82, 2.24) is 4.72 Å². The number of carbonyl (C=O) groups excluding carboxylic acids is 1. The van der Waals surface area contributed by atoms with Crippen LogP contribution in [-0.2, 0) is 19.6 Å². The van der Waals surface area contributed by atoms with Crippen LogP contribution in [0.3, 0.4) is 0 Å². The summed E-state index contributed by atoms with van der Waals surface area (Å²) in [6, 6.07) is -0.0991. The molecule has 0 heterocycles. The zero-order valence-electron chi connectivity index (χ0n) is 12.4. The van der Waals surface area contributed by atoms with Crippen LogP contribution in [0.15, 0.2) is 0 Å². The lowest BCUT2D eigenvalue weighted by Gasteiger charge is -2.21. The first-order valence-corrected chi connectivity index (χ1v) is 9.79. The van der Waals surface area contributed by atoms with Crippen LogP contribution in [0.4, 0.5) is 0 Å². The number of esters is 1. The normalized spacial score (nSPS) is 24.6. The van der Waals surface area contributed by atoms with Crippen LogP contribution in [0.1, 0.15) is 39.5 Å². The van der Waals surface area contributed by atoms with Gasteiger partial charge in [-0.3, -0.25) is 4.79 Å². The highest BCUT2D eigenvalue weighted by molar-refractivity contribution is 7.99. The van der Waals surface area contributed by atoms with E-state index in [0.29, 0.717) is 12.8 Å². The second kappa shape index (κ2) is 8.24. The summed E-state index contributed by atoms with van der Waals surface area (Å²) in [7, 11) is -2.15. The molecule has 20 heavy (non-hydrogen) atoms. The Labute approximate surface area is 126 Å². The lowest BCUT2D eigenvalue weighted by molar-refractivity contribution is -0.145. The number of methoxy groups -OCH3 is 1. The van der Waals surface area contributed by atoms with Crippen LogP contribution in [0.2, 0.25) is 0 Å². The highest BCUT2D eigenvalue weighted by Crippen LogP contribution is 2.31. The molecule has 1 fully saturated rings. The van der Waals surface area contributed by atoms with Gasteiger partial charge in [-0.15, -0.1) is 0 Å². The van der Waals surface area contributed by atoms with Gasteiger partial charge in [-0.1, -0.05) is 13.3 Å². The fourth-order valence-electron chi connectivity index (χ4n) is 2.55. The van der Waals surface area contributed by atoms with Gasteiger partial charge in [0.15, 0.2) is 0 Å². The van der Waals surface area contributed by atoms with Crippen LogP contribution < -0.4 is 4.72 Å². The Bertz CT molecular complexity index is 411. The summed E-state index contributed by atoms with van der Waals surface area (Å²) in [6.07, 6.45) is 2.68. The van der Waals surface area contributed by atoms with Gasteiger partial charge in [0, 0.05) is 6.04 Å². The molecule has 0 bridgehead atoms. The predicted octanol–water partition coefficient (Wildman–Crippen LogP) is 1.78. The number of thioether (sulfide) groups is 1. The molecule has 5 nitrogen and oxygen atoms in total. The van der Waals surface area contributed by atoms with Crippen molar-refractivity contribution in [2.24, 2.45) is 5.92 Å². The largest absolute Gasteiger partial charge is 0.469 e. The summed E-state index contributed by atoms with van der Waals surface area (Å²) >= 11 is 1.79. The third-order valence-electron chi connectivity index (χ3n) is 3.62. The van der Waals surface area contributed by atoms with Gasteiger partial charge in [0.1, 0.15) is 0 Å². The van der Waals surface area contributed by atoms with Gasteiger partial charge in [0.05, 0.1) is 18.3 Å². The van der Waals surface area contributed by atoms with E-state index >= 15 is 0 Å². The maximum atomic E-state index is 12.4. The number of sulfonamides is 1. The van der Waals surface area contributed by atoms with Crippen LogP contribution in [0.5, 0.6) is 0 Å². The highest BCUT2D eigenvalue weighted by atomic mass is 32.2. The average Bonchev–Trinajstić information content (AvgIpc) is 2.87. The molecule has 0 aromatic carbocycles. The Kier molecular flexibility index (Phi) is 7.33. The van der Waals surface area contributed by atoms with E-state index in [1.54, 1.807) is 11.8 Å². The van der Waals surface area contributed by atoms with Crippen molar-refractivity contribution in [1.29, 1.82) is 0 Å². The van der Waals surface area contributed by atoms with Crippen molar-refractivity contribution in [2.45, 2.75) is 50.8 Å². The smallest absolute Gasteiger partial charge is 0.310 e. The van der Waals surface area contributed by atoms with E-state index in [0.717, 1.165) is 24.3 Å². The predicted molar refractivity (Wildman–Crippen MR) is 82.3 cm³/mol. The molecule has 0 spiro atoms. The van der Waals surface area contributed by atoms with Crippen LogP contribution >= 0.6 is 11.8 Å². The first kappa shape index (κ1) is 17.8. The zero-order chi connectivity index (χ0) is 15.2. The van der Waals surface area contributed by atoms with Gasteiger partial charge < -0.3 is 4.74 Å². The average molecular weight is 323 g/mol. The fraction of sp³-hybridized carbons (Fsp3) is 0.923. The van der Waals surface area contributed by atoms with Crippen molar-refractivity contribution in [3.63, 3.8) is 0 Å². The van der Waals surface area contributed by atoms with Gasteiger partial charge in [0.25, 0.3) is 0 Å². The molecule has 1 saturated carbocycles. The van der Waals surface area contributed by atoms with Gasteiger partial charge in [-0.25, -0.2) is 13.1 Å². The lowest BCUT2D eigenvalue weighted by Crippen LogP contribution is -2.43. The van der Waals surface area contributed by atoms with E-state index in [2.05, 4.69) is 11.6 Å². The van der Waals surface area contributed by atoms with E-state index in [1.807, 2.05) is 6.92 Å². The maximum Gasteiger partial charge on any atom is 0.310 e. The molecule has 0 amide bonds. The summed E-state index contributed by atoms with van der Waals surface area (Å²) in [4.78, 5) is 11.7. The minimum Gasteiger partial charge on any atom is -0.469 e. The molecule has 1 rings (SSSR count). The van der Waals surface area contributed by atoms with Crippen molar-refractivity contribution in [3.05, 3.63) is 0 Å². The number of ether oxygens (including phenoxy) is 1. The van der Waals surface area contributed by atoms with Gasteiger partial charge in [0.2, 0.25) is 10.0 Å². The summed E-state index contributed by atoms with van der Waals surface area (Å²) in [6.45, 7) is 3.95. The molecule has 0 saturated heterocycles. The molecule has 1 aliphatic rings. The topological polar surface area (TPSA) is 72.5 Å². The van der Waals surface area contributed by atoms with E-state index < -0.39 is 27.2 Å². The number of rotatable bonds is 8. The lowest BCUT2D eigenvalue weighted by atomic mass is 10.1. The summed E-state index contributed by atoms with van der Waals surface area (Å²) in [5, 5.41) is -0.642. The quantitative estimate of drug-likeness (QED) is 0.544. The van der Waals surface area contributed by atoms with Crippen LogP contribution in [0.25, 0.3) is 0 Å². The molecule has 0 aromatic heterocycles. The number of hydrogen-bond acceptors (Lipinski definition) is 5. The summed E-state index contributed by atoms with van der Waals surface area (Å²) in [5.41, 5.74) is 0. The number of nitrogens with one attached hydrogen (secondary N) is 1. The molecule has 7 heteroatoms. The Balaban J connectivity index is 2.61. The number of hydrogen-bond donors (Lipinski definition) is 1. The van der Waals surface area contributed by atoms with Crippen molar-refractivity contribution in [2.75, 3.05) is 18.6 Å². The SMILES string of the molecule is CCSCCC(C)NS(=O)(=O)C1CCCC1C(=O)OC. The molecule has 0 aromatic rings. The monoisotopic (exact) mass is 323 g/mol. The zero-order valence-corrected chi connectivity index (χ0v) is 14.1. The van der Waals surface area contributed by atoms with Crippen molar-refractivity contribution < 1.29 is 17.9 Å². The Morgan fingerprint density at radius 2 is 2.15 bits per heavy atom. The summed E-state index contributed by atoms with van der Waals surface area (Å²) < 4.78 is 32.2. The van der Waals surface area contributed by atoms with Crippen molar-refractivity contribution in [3.8, 4) is 0 Å². The molecule has 0 aliphatic heterocycles. The fourth-order valence-corrected chi connectivity index (χ4v) is 5.37. The Hall–Kier alpha value is -0.270. The highest BCUT2D eigenvalue weighted by Gasteiger charge is 2.42. The molecular formula is C13H25NO4S2. The molecule has 118 valence electrons. The molecular weight excluding hydrogens is 298 g/mol. The summed E-state index contributed by atoms with van der Waals surface area (Å²) in [5.74, 6) is 1.04. The Morgan fingerprint density at radius 1 is 1.45 bits per heavy atom. The molecule has 1 N–H and O–H groups in total. The van der Waals surface area contributed by atoms with Crippen molar-refractivity contribution >= 4 is 27.8 Å². The van der Waals surface area contributed by atoms with Crippen LogP contribution in [0, 0.1) is 5.92 Å². The first-order valence-electron chi connectivity index (χ1n) is 7.09. The van der Waals surface area contributed by atoms with Crippen LogP contribution in [-0.4, -0.2) is 44.3 Å². The van der Waals surface area contributed by atoms with Gasteiger partial charge in [-0.2, -0.15) is 11.8 Å². The van der Waals surface area contributed by atoms with E-state index in [4.69, 9.17) is 4.74 Å². The third kappa shape index (κ3) is 4.93. The first-order chi connectivity index (χ1) is 9.42. The standard InChI is InChI=1S/C13H25NO4S2/c1-4-19-9-8-10(2)14-20(16,17)12-7-5-6-11(12)13(15)18-3/h10-12,14H,4-9H2,1-3H3. The molecule has 1 aliphatic carbocycles. The second-order valence-corrected chi connectivity index (χ2v) is 8.47. The minimum absolute atomic E-state index is 0.0991. The van der Waals surface area contributed by atoms with E-state index in [-0.39, 0.29) is 6.04 Å². The Morgan fingerprint density at radius 3 is 2.75 bits per heavy atom. The molecule has 0 radical (unpaired) electrons. The molecule has 3 unspecified atom stereocenters.